The molecule has 12 heteroatoms. The van der Waals surface area contributed by atoms with Crippen LogP contribution >= 0.6 is 37.8 Å². The van der Waals surface area contributed by atoms with E-state index in [-0.39, 0.29) is 26.7 Å². The molecule has 0 radical (unpaired) electrons. The molecular weight excluding hydrogens is 545 g/mol. The molecule has 1 aromatic heterocycles. The first-order chi connectivity index (χ1) is 13.6. The van der Waals surface area contributed by atoms with E-state index >= 15 is 0 Å². The van der Waals surface area contributed by atoms with Crippen LogP contribution in [0.25, 0.3) is 0 Å². The van der Waals surface area contributed by atoms with E-state index in [0.717, 1.165) is 12.1 Å². The molecule has 0 aliphatic carbocycles. The van der Waals surface area contributed by atoms with Gasteiger partial charge in [0.15, 0.2) is 8.32 Å². The van der Waals surface area contributed by atoms with Gasteiger partial charge >= 0.3 is 10.2 Å². The Morgan fingerprint density at radius 1 is 1.13 bits per heavy atom. The van der Waals surface area contributed by atoms with Crippen molar-refractivity contribution in [2.24, 2.45) is 0 Å². The number of benzene rings is 1. The van der Waals surface area contributed by atoms with E-state index in [1.165, 1.54) is 16.8 Å². The highest BCUT2D eigenvalue weighted by molar-refractivity contribution is 9.10. The Morgan fingerprint density at radius 2 is 1.65 bits per heavy atom. The summed E-state index contributed by atoms with van der Waals surface area (Å²) in [6.07, 6.45) is 1.34. The molecule has 1 heterocycles. The number of pyridine rings is 1. The minimum absolute atomic E-state index is 0.0427. The molecule has 176 valence electrons. The molecule has 0 saturated carbocycles. The first-order valence-electron chi connectivity index (χ1n) is 9.17. The van der Waals surface area contributed by atoms with Crippen LogP contribution in [0, 0.1) is 0 Å². The largest absolute Gasteiger partial charge is 0.414 e. The van der Waals surface area contributed by atoms with Crippen LogP contribution in [-0.4, -0.2) is 19.5 Å². The zero-order valence-corrected chi connectivity index (χ0v) is 21.7. The third-order valence-electron chi connectivity index (χ3n) is 5.42. The van der Waals surface area contributed by atoms with Gasteiger partial charge in [-0.2, -0.15) is 0 Å². The average molecular weight is 569 g/mol. The maximum absolute atomic E-state index is 13.1. The van der Waals surface area contributed by atoms with Gasteiger partial charge in [0.05, 0.1) is 22.1 Å². The van der Waals surface area contributed by atoms with Crippen LogP contribution in [0.1, 0.15) is 32.4 Å². The zero-order chi connectivity index (χ0) is 24.1. The molecule has 3 nitrogen and oxygen atoms in total. The summed E-state index contributed by atoms with van der Waals surface area (Å²) in [5.41, 5.74) is -0.273. The number of aromatic nitrogens is 1. The van der Waals surface area contributed by atoms with Gasteiger partial charge in [0.25, 0.3) is 5.56 Å². The molecular formula is C19H24BrClF5NO2SSi. The fourth-order valence-corrected chi connectivity index (χ4v) is 5.01. The lowest BCUT2D eigenvalue weighted by molar-refractivity contribution is 0.246. The molecule has 0 saturated heterocycles. The first kappa shape index (κ1) is 26.4. The van der Waals surface area contributed by atoms with Crippen LogP contribution in [0.5, 0.6) is 0 Å². The molecule has 1 unspecified atom stereocenters. The van der Waals surface area contributed by atoms with Gasteiger partial charge in [0.2, 0.25) is 0 Å². The van der Waals surface area contributed by atoms with Gasteiger partial charge in [-0.15, -0.1) is 0 Å². The summed E-state index contributed by atoms with van der Waals surface area (Å²) >= 11 is 9.19. The van der Waals surface area contributed by atoms with Gasteiger partial charge in [-0.1, -0.05) is 63.9 Å². The van der Waals surface area contributed by atoms with Crippen molar-refractivity contribution < 1.29 is 23.9 Å². The normalized spacial score (nSPS) is 16.5. The van der Waals surface area contributed by atoms with Crippen molar-refractivity contribution in [1.82, 2.24) is 4.57 Å². The summed E-state index contributed by atoms with van der Waals surface area (Å²) in [7, 11) is -12.1. The van der Waals surface area contributed by atoms with Gasteiger partial charge in [-0.05, 0) is 57.8 Å². The average Bonchev–Trinajstić information content (AvgIpc) is 2.56. The van der Waals surface area contributed by atoms with E-state index in [4.69, 9.17) is 16.0 Å². The maximum atomic E-state index is 13.1. The fraction of sp³-hybridized carbons (Fsp3) is 0.421. The van der Waals surface area contributed by atoms with Crippen molar-refractivity contribution in [2.45, 2.75) is 49.8 Å². The van der Waals surface area contributed by atoms with Crippen LogP contribution in [0.3, 0.4) is 0 Å². The Bertz CT molecular complexity index is 1040. The summed E-state index contributed by atoms with van der Waals surface area (Å²) in [4.78, 5) is 10.7. The number of halogens is 7. The van der Waals surface area contributed by atoms with Gasteiger partial charge in [-0.25, -0.2) is 0 Å². The predicted molar refractivity (Wildman–Crippen MR) is 123 cm³/mol. The summed E-state index contributed by atoms with van der Waals surface area (Å²) < 4.78 is 73.1. The number of hydrogen-bond donors (Lipinski definition) is 0. The third-order valence-corrected chi connectivity index (χ3v) is 11.9. The van der Waals surface area contributed by atoms with E-state index in [1.807, 2.05) is 33.9 Å². The Morgan fingerprint density at radius 3 is 2.10 bits per heavy atom. The van der Waals surface area contributed by atoms with E-state index in [2.05, 4.69) is 15.9 Å². The monoisotopic (exact) mass is 567 g/mol. The second kappa shape index (κ2) is 7.58. The molecule has 2 aromatic rings. The third kappa shape index (κ3) is 6.34. The minimum atomic E-state index is -9.81. The molecule has 0 fully saturated rings. The van der Waals surface area contributed by atoms with E-state index in [1.54, 1.807) is 0 Å². The molecule has 0 spiro atoms. The lowest BCUT2D eigenvalue weighted by Gasteiger charge is -2.40. The van der Waals surface area contributed by atoms with Crippen LogP contribution < -0.4 is 5.56 Å². The zero-order valence-electron chi connectivity index (χ0n) is 17.6. The van der Waals surface area contributed by atoms with Crippen molar-refractivity contribution in [1.29, 1.82) is 0 Å². The summed E-state index contributed by atoms with van der Waals surface area (Å²) in [5, 5.41) is 0.0521. The molecule has 1 atom stereocenters. The first-order valence-corrected chi connectivity index (χ1v) is 15.2. The predicted octanol–water partition coefficient (Wildman–Crippen LogP) is 8.53. The lowest BCUT2D eigenvalue weighted by Crippen LogP contribution is -2.43. The highest BCUT2D eigenvalue weighted by Gasteiger charge is 2.65. The molecule has 1 aromatic carbocycles. The quantitative estimate of drug-likeness (QED) is 0.258. The van der Waals surface area contributed by atoms with Crippen molar-refractivity contribution >= 4 is 46.1 Å². The summed E-state index contributed by atoms with van der Waals surface area (Å²) in [6, 6.07) is 3.07. The van der Waals surface area contributed by atoms with E-state index in [9.17, 15) is 24.2 Å². The second-order valence-electron chi connectivity index (χ2n) is 8.84. The topological polar surface area (TPSA) is 31.2 Å². The van der Waals surface area contributed by atoms with Gasteiger partial charge in [0, 0.05) is 6.20 Å². The minimum Gasteiger partial charge on any atom is -0.414 e. The van der Waals surface area contributed by atoms with Crippen molar-refractivity contribution in [2.75, 3.05) is 6.61 Å². The SMILES string of the molecule is CC(C)(C)[Si](C)(C)OCC(c1ccc(S(F)(F)(F)(F)F)cc1)n1cc(Cl)cc(Br)c1=O. The Labute approximate surface area is 192 Å². The summed E-state index contributed by atoms with van der Waals surface area (Å²) in [6.45, 7) is 9.97. The molecule has 0 aliphatic heterocycles. The smallest absolute Gasteiger partial charge is 0.310 e. The van der Waals surface area contributed by atoms with Crippen molar-refractivity contribution in [3.8, 4) is 0 Å². The Balaban J connectivity index is 2.58. The Kier molecular flexibility index (Phi) is 6.45. The molecule has 31 heavy (non-hydrogen) atoms. The van der Waals surface area contributed by atoms with Gasteiger partial charge in [0.1, 0.15) is 4.90 Å². The lowest BCUT2D eigenvalue weighted by atomic mass is 10.1. The maximum Gasteiger partial charge on any atom is 0.310 e. The Hall–Kier alpha value is -0.883. The summed E-state index contributed by atoms with van der Waals surface area (Å²) in [5.74, 6) is 0. The van der Waals surface area contributed by atoms with Gasteiger partial charge < -0.3 is 8.99 Å². The number of hydrogen-bond acceptors (Lipinski definition) is 2. The molecule has 0 aliphatic rings. The fourth-order valence-electron chi connectivity index (χ4n) is 2.55. The van der Waals surface area contributed by atoms with Crippen molar-refractivity contribution in [3.63, 3.8) is 0 Å². The standard InChI is InChI=1S/C19H24BrClF5NO2SSi/c1-19(2,3)31(4,5)29-12-17(27-11-14(21)10-16(20)18(27)28)13-6-8-15(9-7-13)30(22,23,24,25)26/h6-11,17H,12H2,1-5H3. The van der Waals surface area contributed by atoms with Gasteiger partial charge in [-0.3, -0.25) is 4.79 Å². The van der Waals surface area contributed by atoms with Crippen molar-refractivity contribution in [3.05, 3.63) is 61.9 Å². The van der Waals surface area contributed by atoms with Crippen LogP contribution in [0.2, 0.25) is 23.2 Å². The number of rotatable bonds is 6. The van der Waals surface area contributed by atoms with Crippen LogP contribution in [0.15, 0.2) is 50.7 Å². The molecule has 0 bridgehead atoms. The van der Waals surface area contributed by atoms with Crippen LogP contribution in [-0.2, 0) is 4.43 Å². The molecule has 0 amide bonds. The highest BCUT2D eigenvalue weighted by Crippen LogP contribution is 3.02. The van der Waals surface area contributed by atoms with E-state index in [0.29, 0.717) is 12.1 Å². The number of nitrogens with zero attached hydrogens (tertiary/aromatic N) is 1. The second-order valence-corrected chi connectivity index (χ2v) is 17.4. The molecule has 0 N–H and O–H groups in total. The van der Waals surface area contributed by atoms with Crippen LogP contribution in [0.4, 0.5) is 19.4 Å². The molecule has 2 rings (SSSR count). The highest BCUT2D eigenvalue weighted by atomic mass is 79.9. The van der Waals surface area contributed by atoms with E-state index < -0.39 is 35.0 Å².